The van der Waals surface area contributed by atoms with Gasteiger partial charge >= 0.3 is 0 Å². The van der Waals surface area contributed by atoms with Crippen LogP contribution in [0.5, 0.6) is 0 Å². The van der Waals surface area contributed by atoms with Crippen LogP contribution in [0.4, 0.5) is 0 Å². The van der Waals surface area contributed by atoms with Crippen LogP contribution < -0.4 is 4.72 Å². The lowest BCUT2D eigenvalue weighted by Crippen LogP contribution is -2.04. The summed E-state index contributed by atoms with van der Waals surface area (Å²) in [6.45, 7) is 1.79. The van der Waals surface area contributed by atoms with E-state index < -0.39 is 0 Å². The van der Waals surface area contributed by atoms with Crippen molar-refractivity contribution in [3.8, 4) is 0 Å². The van der Waals surface area contributed by atoms with Crippen LogP contribution in [0, 0.1) is 0 Å². The molecule has 2 nitrogen and oxygen atoms in total. The highest BCUT2D eigenvalue weighted by molar-refractivity contribution is 7.97. The van der Waals surface area contributed by atoms with Gasteiger partial charge in [-0.3, -0.25) is 4.79 Å². The molecule has 0 bridgehead atoms. The van der Waals surface area contributed by atoms with Gasteiger partial charge in [0.15, 0.2) is 0 Å². The zero-order valence-corrected chi connectivity index (χ0v) is 5.29. The molecule has 0 saturated carbocycles. The normalized spacial score (nSPS) is 8.29. The monoisotopic (exact) mass is 118 g/mol. The first-order valence-electron chi connectivity index (χ1n) is 2.08. The minimum Gasteiger partial charge on any atom is -0.272 e. The van der Waals surface area contributed by atoms with E-state index in [1.807, 2.05) is 0 Å². The Morgan fingerprint density at radius 3 is 2.57 bits per heavy atom. The van der Waals surface area contributed by atoms with Crippen LogP contribution >= 0.6 is 11.9 Å². The van der Waals surface area contributed by atoms with E-state index in [-0.39, 0.29) is 5.91 Å². The molecule has 0 unspecified atom stereocenters. The van der Waals surface area contributed by atoms with E-state index in [0.29, 0.717) is 6.42 Å². The van der Waals surface area contributed by atoms with Gasteiger partial charge < -0.3 is 0 Å². The number of hydrogen-bond acceptors (Lipinski definition) is 2. The predicted octanol–water partition coefficient (Wildman–Crippen LogP) is 0.805. The van der Waals surface area contributed by atoms with Crippen molar-refractivity contribution in [3.63, 3.8) is 0 Å². The molecule has 0 aliphatic carbocycles. The molecular formula is C4H8NOS. The lowest BCUT2D eigenvalue weighted by molar-refractivity contribution is -0.119. The summed E-state index contributed by atoms with van der Waals surface area (Å²) in [5, 5.41) is 0. The van der Waals surface area contributed by atoms with Gasteiger partial charge in [0.2, 0.25) is 0 Å². The van der Waals surface area contributed by atoms with Gasteiger partial charge in [0.25, 0.3) is 5.91 Å². The van der Waals surface area contributed by atoms with Gasteiger partial charge in [-0.1, -0.05) is 6.92 Å². The summed E-state index contributed by atoms with van der Waals surface area (Å²) in [4.78, 5) is 10.2. The largest absolute Gasteiger partial charge is 0.272 e. The maximum Gasteiger partial charge on any atom is 0.252 e. The van der Waals surface area contributed by atoms with Gasteiger partial charge in [-0.05, 0) is 11.9 Å². The Labute approximate surface area is 47.8 Å². The summed E-state index contributed by atoms with van der Waals surface area (Å²) in [6.07, 6.45) is 2.29. The third-order valence-electron chi connectivity index (χ3n) is 0.496. The topological polar surface area (TPSA) is 31.2 Å². The third kappa shape index (κ3) is 3.66. The van der Waals surface area contributed by atoms with Gasteiger partial charge in [-0.25, -0.2) is 0 Å². The van der Waals surface area contributed by atoms with Gasteiger partial charge in [0.05, 0.1) is 0 Å². The fourth-order valence-corrected chi connectivity index (χ4v) is 0.499. The van der Waals surface area contributed by atoms with E-state index in [1.165, 1.54) is 11.9 Å². The Balaban J connectivity index is 3.00. The predicted molar refractivity (Wildman–Crippen MR) is 30.9 cm³/mol. The molecular weight excluding hydrogens is 110 g/mol. The quantitative estimate of drug-likeness (QED) is 0.502. The molecule has 41 valence electrons. The van der Waals surface area contributed by atoms with Crippen molar-refractivity contribution >= 4 is 17.9 Å². The van der Waals surface area contributed by atoms with E-state index in [1.54, 1.807) is 13.2 Å². The first kappa shape index (κ1) is 6.82. The van der Waals surface area contributed by atoms with Crippen LogP contribution in [0.3, 0.4) is 0 Å². The summed E-state index contributed by atoms with van der Waals surface area (Å²) in [5.41, 5.74) is 0. The van der Waals surface area contributed by atoms with Crippen molar-refractivity contribution in [2.45, 2.75) is 13.3 Å². The second kappa shape index (κ2) is 3.99. The highest BCUT2D eigenvalue weighted by Crippen LogP contribution is 1.87. The second-order valence-corrected chi connectivity index (χ2v) is 1.57. The van der Waals surface area contributed by atoms with Crippen molar-refractivity contribution in [1.82, 2.24) is 4.72 Å². The molecule has 0 aliphatic rings. The van der Waals surface area contributed by atoms with Crippen molar-refractivity contribution in [3.05, 3.63) is 0 Å². The first-order chi connectivity index (χ1) is 3.31. The van der Waals surface area contributed by atoms with Crippen LogP contribution in [-0.4, -0.2) is 12.2 Å². The van der Waals surface area contributed by atoms with Gasteiger partial charge in [-0.15, -0.1) is 0 Å². The lowest BCUT2D eigenvalue weighted by atomic mass is 10.5. The first-order valence-corrected chi connectivity index (χ1v) is 3.26. The minimum atomic E-state index is -0.0347. The van der Waals surface area contributed by atoms with Crippen LogP contribution in [0.15, 0.2) is 0 Å². The van der Waals surface area contributed by atoms with Gasteiger partial charge in [0.1, 0.15) is 0 Å². The molecule has 0 heterocycles. The van der Waals surface area contributed by atoms with Crippen molar-refractivity contribution in [2.24, 2.45) is 0 Å². The van der Waals surface area contributed by atoms with Gasteiger partial charge in [0, 0.05) is 12.7 Å². The van der Waals surface area contributed by atoms with E-state index >= 15 is 0 Å². The number of carbonyl (C=O) groups is 1. The van der Waals surface area contributed by atoms with Crippen LogP contribution in [0.2, 0.25) is 0 Å². The van der Waals surface area contributed by atoms with Crippen LogP contribution in [-0.2, 0) is 4.79 Å². The zero-order chi connectivity index (χ0) is 5.70. The SMILES string of the molecule is CCC(=O)[N]SC. The molecule has 0 N–H and O–H groups in total. The van der Waals surface area contributed by atoms with Crippen LogP contribution in [0.25, 0.3) is 0 Å². The average molecular weight is 118 g/mol. The van der Waals surface area contributed by atoms with E-state index in [4.69, 9.17) is 0 Å². The molecule has 7 heavy (non-hydrogen) atoms. The molecule has 0 aromatic carbocycles. The zero-order valence-electron chi connectivity index (χ0n) is 4.47. The number of amides is 1. The Hall–Kier alpha value is -0.180. The Kier molecular flexibility index (Phi) is 3.89. The Morgan fingerprint density at radius 1 is 1.86 bits per heavy atom. The lowest BCUT2D eigenvalue weighted by Gasteiger charge is -1.87. The molecule has 0 aromatic rings. The molecule has 3 heteroatoms. The van der Waals surface area contributed by atoms with E-state index in [9.17, 15) is 4.79 Å². The summed E-state index contributed by atoms with van der Waals surface area (Å²) >= 11 is 1.21. The smallest absolute Gasteiger partial charge is 0.252 e. The number of carbonyl (C=O) groups excluding carboxylic acids is 1. The minimum absolute atomic E-state index is 0.0347. The third-order valence-corrected chi connectivity index (χ3v) is 0.882. The van der Waals surface area contributed by atoms with Crippen molar-refractivity contribution < 1.29 is 4.79 Å². The fourth-order valence-electron chi connectivity index (χ4n) is 0.166. The molecule has 1 radical (unpaired) electrons. The van der Waals surface area contributed by atoms with Gasteiger partial charge in [-0.2, -0.15) is 4.72 Å². The van der Waals surface area contributed by atoms with E-state index in [2.05, 4.69) is 4.72 Å². The van der Waals surface area contributed by atoms with Crippen LogP contribution in [0.1, 0.15) is 13.3 Å². The maximum absolute atomic E-state index is 10.2. The summed E-state index contributed by atoms with van der Waals surface area (Å²) in [6, 6.07) is 0. The molecule has 0 aliphatic heterocycles. The molecule has 0 atom stereocenters. The summed E-state index contributed by atoms with van der Waals surface area (Å²) in [7, 11) is 0. The number of hydrogen-bond donors (Lipinski definition) is 0. The average Bonchev–Trinajstić information content (AvgIpc) is 1.68. The highest BCUT2D eigenvalue weighted by atomic mass is 32.2. The summed E-state index contributed by atoms with van der Waals surface area (Å²) in [5.74, 6) is -0.0347. The highest BCUT2D eigenvalue weighted by Gasteiger charge is 1.92. The maximum atomic E-state index is 10.2. The second-order valence-electron chi connectivity index (χ2n) is 1.02. The Morgan fingerprint density at radius 2 is 2.43 bits per heavy atom. The molecule has 1 amide bonds. The fraction of sp³-hybridized carbons (Fsp3) is 0.750. The summed E-state index contributed by atoms with van der Waals surface area (Å²) < 4.78 is 3.52. The van der Waals surface area contributed by atoms with Crippen molar-refractivity contribution in [1.29, 1.82) is 0 Å². The molecule has 0 aromatic heterocycles. The molecule has 0 rings (SSSR count). The molecule has 0 saturated heterocycles. The molecule has 0 fully saturated rings. The standard InChI is InChI=1S/C4H8NOS/c1-3-4(6)5-7-2/h3H2,1-2H3. The van der Waals surface area contributed by atoms with E-state index in [0.717, 1.165) is 0 Å². The Bertz CT molecular complexity index is 64.7. The van der Waals surface area contributed by atoms with Crippen molar-refractivity contribution in [2.75, 3.05) is 6.26 Å². The number of rotatable bonds is 2. The molecule has 0 spiro atoms. The number of nitrogens with zero attached hydrogens (tertiary/aromatic N) is 1.